The molecule has 5 nitrogen and oxygen atoms in total. The van der Waals surface area contributed by atoms with Gasteiger partial charge in [0.25, 0.3) is 6.43 Å². The van der Waals surface area contributed by atoms with Crippen LogP contribution in [0.5, 0.6) is 0 Å². The van der Waals surface area contributed by atoms with E-state index in [0.29, 0.717) is 18.1 Å². The van der Waals surface area contributed by atoms with Gasteiger partial charge in [-0.1, -0.05) is 0 Å². The highest BCUT2D eigenvalue weighted by molar-refractivity contribution is 4.93. The standard InChI is InChI=1S/C8H13F2N3O2/c1-13-7(11-12-8(13)4-14)2-3-15-5-6(9)10/h6,14H,2-5H2,1H3. The highest BCUT2D eigenvalue weighted by atomic mass is 19.3. The first kappa shape index (κ1) is 12.0. The molecule has 86 valence electrons. The number of halogens is 2. The number of hydrogen-bond acceptors (Lipinski definition) is 4. The number of aliphatic hydroxyl groups is 1. The number of alkyl halides is 2. The third-order valence-corrected chi connectivity index (χ3v) is 1.91. The Labute approximate surface area is 85.7 Å². The van der Waals surface area contributed by atoms with Gasteiger partial charge in [0, 0.05) is 13.5 Å². The van der Waals surface area contributed by atoms with E-state index in [0.717, 1.165) is 0 Å². The summed E-state index contributed by atoms with van der Waals surface area (Å²) < 4.78 is 29.7. The Morgan fingerprint density at radius 1 is 1.40 bits per heavy atom. The van der Waals surface area contributed by atoms with Crippen LogP contribution in [0, 0.1) is 0 Å². The second kappa shape index (κ2) is 5.72. The number of hydrogen-bond donors (Lipinski definition) is 1. The van der Waals surface area contributed by atoms with E-state index >= 15 is 0 Å². The monoisotopic (exact) mass is 221 g/mol. The molecule has 0 aliphatic rings. The lowest BCUT2D eigenvalue weighted by Gasteiger charge is -2.03. The van der Waals surface area contributed by atoms with Gasteiger partial charge < -0.3 is 14.4 Å². The number of ether oxygens (including phenoxy) is 1. The molecular formula is C8H13F2N3O2. The van der Waals surface area contributed by atoms with E-state index in [2.05, 4.69) is 10.2 Å². The predicted molar refractivity (Wildman–Crippen MR) is 47.5 cm³/mol. The minimum atomic E-state index is -2.45. The summed E-state index contributed by atoms with van der Waals surface area (Å²) in [6.45, 7) is -0.589. The molecule has 7 heteroatoms. The molecule has 0 spiro atoms. The Hall–Kier alpha value is -1.08. The van der Waals surface area contributed by atoms with Gasteiger partial charge in [-0.05, 0) is 0 Å². The fourth-order valence-electron chi connectivity index (χ4n) is 1.09. The third kappa shape index (κ3) is 3.52. The molecule has 0 atom stereocenters. The first-order valence-electron chi connectivity index (χ1n) is 4.49. The van der Waals surface area contributed by atoms with Crippen LogP contribution in [-0.2, 0) is 24.8 Å². The molecule has 0 fully saturated rings. The molecule has 1 N–H and O–H groups in total. The lowest BCUT2D eigenvalue weighted by molar-refractivity contribution is 0.0181. The molecule has 1 rings (SSSR count). The summed E-state index contributed by atoms with van der Waals surface area (Å²) in [6.07, 6.45) is -2.05. The lowest BCUT2D eigenvalue weighted by Crippen LogP contribution is -2.10. The fourth-order valence-corrected chi connectivity index (χ4v) is 1.09. The summed E-state index contributed by atoms with van der Waals surface area (Å²) in [6, 6.07) is 0. The highest BCUT2D eigenvalue weighted by Crippen LogP contribution is 2.01. The van der Waals surface area contributed by atoms with E-state index < -0.39 is 13.0 Å². The van der Waals surface area contributed by atoms with Crippen molar-refractivity contribution in [2.75, 3.05) is 13.2 Å². The molecule has 1 aromatic rings. The van der Waals surface area contributed by atoms with Crippen LogP contribution in [0.4, 0.5) is 8.78 Å². The van der Waals surface area contributed by atoms with Gasteiger partial charge in [-0.3, -0.25) is 0 Å². The number of rotatable bonds is 6. The topological polar surface area (TPSA) is 60.2 Å². The van der Waals surface area contributed by atoms with Crippen molar-refractivity contribution in [3.63, 3.8) is 0 Å². The molecule has 0 bridgehead atoms. The van der Waals surface area contributed by atoms with Crippen LogP contribution in [0.1, 0.15) is 11.6 Å². The Morgan fingerprint density at radius 2 is 2.07 bits per heavy atom. The summed E-state index contributed by atoms with van der Waals surface area (Å²) in [4.78, 5) is 0. The van der Waals surface area contributed by atoms with Gasteiger partial charge in [-0.2, -0.15) is 0 Å². The van der Waals surface area contributed by atoms with Crippen molar-refractivity contribution >= 4 is 0 Å². The van der Waals surface area contributed by atoms with E-state index in [1.54, 1.807) is 11.6 Å². The molecule has 0 unspecified atom stereocenters. The van der Waals surface area contributed by atoms with Crippen LogP contribution in [0.15, 0.2) is 0 Å². The molecule has 0 aliphatic carbocycles. The van der Waals surface area contributed by atoms with Crippen molar-refractivity contribution < 1.29 is 18.6 Å². The van der Waals surface area contributed by atoms with Crippen LogP contribution in [0.25, 0.3) is 0 Å². The Balaban J connectivity index is 2.34. The van der Waals surface area contributed by atoms with Crippen LogP contribution < -0.4 is 0 Å². The van der Waals surface area contributed by atoms with Gasteiger partial charge in [0.15, 0.2) is 5.82 Å². The van der Waals surface area contributed by atoms with Crippen molar-refractivity contribution in [2.24, 2.45) is 7.05 Å². The maximum absolute atomic E-state index is 11.7. The molecule has 1 aromatic heterocycles. The molecule has 0 aromatic carbocycles. The van der Waals surface area contributed by atoms with Gasteiger partial charge in [0.2, 0.25) is 0 Å². The molecule has 0 aliphatic heterocycles. The van der Waals surface area contributed by atoms with E-state index in [1.165, 1.54) is 0 Å². The summed E-state index contributed by atoms with van der Waals surface area (Å²) >= 11 is 0. The summed E-state index contributed by atoms with van der Waals surface area (Å²) in [7, 11) is 1.70. The van der Waals surface area contributed by atoms with Gasteiger partial charge in [0.05, 0.1) is 6.61 Å². The maximum atomic E-state index is 11.7. The van der Waals surface area contributed by atoms with E-state index in [1.807, 2.05) is 0 Å². The number of aliphatic hydroxyl groups excluding tert-OH is 1. The Kier molecular flexibility index (Phi) is 4.57. The van der Waals surface area contributed by atoms with Crippen LogP contribution in [0.2, 0.25) is 0 Å². The number of aromatic nitrogens is 3. The van der Waals surface area contributed by atoms with Gasteiger partial charge in [-0.15, -0.1) is 10.2 Å². The highest BCUT2D eigenvalue weighted by Gasteiger charge is 2.08. The van der Waals surface area contributed by atoms with Gasteiger partial charge in [-0.25, -0.2) is 8.78 Å². The van der Waals surface area contributed by atoms with Crippen molar-refractivity contribution in [1.82, 2.24) is 14.8 Å². The summed E-state index contributed by atoms with van der Waals surface area (Å²) in [5, 5.41) is 16.3. The first-order valence-corrected chi connectivity index (χ1v) is 4.49. The second-order valence-electron chi connectivity index (χ2n) is 2.97. The van der Waals surface area contributed by atoms with Crippen LogP contribution in [-0.4, -0.2) is 39.5 Å². The molecule has 0 saturated heterocycles. The molecule has 0 saturated carbocycles. The largest absolute Gasteiger partial charge is 0.388 e. The van der Waals surface area contributed by atoms with Gasteiger partial charge >= 0.3 is 0 Å². The average molecular weight is 221 g/mol. The van der Waals surface area contributed by atoms with Crippen molar-refractivity contribution in [1.29, 1.82) is 0 Å². The molecule has 0 radical (unpaired) electrons. The zero-order valence-corrected chi connectivity index (χ0v) is 8.36. The molecule has 1 heterocycles. The lowest BCUT2D eigenvalue weighted by atomic mass is 10.4. The van der Waals surface area contributed by atoms with E-state index in [-0.39, 0.29) is 13.2 Å². The fraction of sp³-hybridized carbons (Fsp3) is 0.750. The SMILES string of the molecule is Cn1c(CO)nnc1CCOCC(F)F. The zero-order valence-electron chi connectivity index (χ0n) is 8.36. The zero-order chi connectivity index (χ0) is 11.3. The quantitative estimate of drug-likeness (QED) is 0.694. The Bertz CT molecular complexity index is 304. The normalized spacial score (nSPS) is 11.3. The minimum Gasteiger partial charge on any atom is -0.388 e. The maximum Gasteiger partial charge on any atom is 0.261 e. The van der Waals surface area contributed by atoms with E-state index in [4.69, 9.17) is 9.84 Å². The van der Waals surface area contributed by atoms with Crippen molar-refractivity contribution in [2.45, 2.75) is 19.5 Å². The average Bonchev–Trinajstić information content (AvgIpc) is 2.54. The predicted octanol–water partition coefficient (Wildman–Crippen LogP) is 0.132. The first-order chi connectivity index (χ1) is 7.15. The van der Waals surface area contributed by atoms with Crippen molar-refractivity contribution in [3.8, 4) is 0 Å². The number of nitrogens with zero attached hydrogens (tertiary/aromatic N) is 3. The van der Waals surface area contributed by atoms with Gasteiger partial charge in [0.1, 0.15) is 19.0 Å². The minimum absolute atomic E-state index is 0.168. The third-order valence-electron chi connectivity index (χ3n) is 1.91. The van der Waals surface area contributed by atoms with Crippen LogP contribution in [0.3, 0.4) is 0 Å². The smallest absolute Gasteiger partial charge is 0.261 e. The van der Waals surface area contributed by atoms with Crippen LogP contribution >= 0.6 is 0 Å². The summed E-state index contributed by atoms with van der Waals surface area (Å²) in [5.74, 6) is 1.05. The van der Waals surface area contributed by atoms with E-state index in [9.17, 15) is 8.78 Å². The molecule has 0 amide bonds. The molecular weight excluding hydrogens is 208 g/mol. The van der Waals surface area contributed by atoms with Crippen molar-refractivity contribution in [3.05, 3.63) is 11.6 Å². The Morgan fingerprint density at radius 3 is 2.60 bits per heavy atom. The summed E-state index contributed by atoms with van der Waals surface area (Å²) in [5.41, 5.74) is 0. The second-order valence-corrected chi connectivity index (χ2v) is 2.97. The molecule has 15 heavy (non-hydrogen) atoms.